The zero-order valence-corrected chi connectivity index (χ0v) is 10.3. The highest BCUT2D eigenvalue weighted by Gasteiger charge is 2.23. The first kappa shape index (κ1) is 14.8. The summed E-state index contributed by atoms with van der Waals surface area (Å²) < 4.78 is 5.07. The van der Waals surface area contributed by atoms with E-state index in [1.54, 1.807) is 7.11 Å². The molecule has 0 fully saturated rings. The van der Waals surface area contributed by atoms with Gasteiger partial charge < -0.3 is 20.9 Å². The summed E-state index contributed by atoms with van der Waals surface area (Å²) in [4.78, 5) is 0. The average Bonchev–Trinajstić information content (AvgIpc) is 2.23. The van der Waals surface area contributed by atoms with Gasteiger partial charge in [-0.2, -0.15) is 0 Å². The summed E-state index contributed by atoms with van der Waals surface area (Å²) in [7, 11) is 1.70. The molecule has 15 heavy (non-hydrogen) atoms. The minimum absolute atomic E-state index is 0.0646. The molecule has 4 N–H and O–H groups in total. The van der Waals surface area contributed by atoms with Crippen molar-refractivity contribution in [3.05, 3.63) is 0 Å². The molecule has 0 aliphatic rings. The van der Waals surface area contributed by atoms with Gasteiger partial charge in [0, 0.05) is 38.4 Å². The second-order valence-corrected chi connectivity index (χ2v) is 4.42. The number of methoxy groups -OCH3 is 1. The van der Waals surface area contributed by atoms with Crippen LogP contribution in [0.1, 0.15) is 33.1 Å². The predicted molar refractivity (Wildman–Crippen MR) is 62.9 cm³/mol. The minimum Gasteiger partial charge on any atom is -0.396 e. The van der Waals surface area contributed by atoms with Crippen LogP contribution >= 0.6 is 0 Å². The summed E-state index contributed by atoms with van der Waals surface area (Å²) in [6.45, 7) is 5.80. The van der Waals surface area contributed by atoms with E-state index >= 15 is 0 Å². The van der Waals surface area contributed by atoms with Gasteiger partial charge in [-0.15, -0.1) is 0 Å². The Hall–Kier alpha value is -0.160. The normalized spacial score (nSPS) is 17.4. The molecule has 0 aliphatic heterocycles. The van der Waals surface area contributed by atoms with E-state index in [9.17, 15) is 0 Å². The molecule has 0 radical (unpaired) electrons. The molecule has 0 saturated heterocycles. The van der Waals surface area contributed by atoms with E-state index in [1.807, 2.05) is 0 Å². The lowest BCUT2D eigenvalue weighted by Crippen LogP contribution is -2.52. The lowest BCUT2D eigenvalue weighted by molar-refractivity contribution is 0.155. The standard InChI is InChI=1S/C11H26N2O2/c1-10(5-4-7-14)13-11(2,9-12)6-8-15-3/h10,13-14H,4-9,12H2,1-3H3. The first-order chi connectivity index (χ1) is 7.08. The first-order valence-corrected chi connectivity index (χ1v) is 5.65. The van der Waals surface area contributed by atoms with Crippen molar-refractivity contribution in [3.8, 4) is 0 Å². The Bertz CT molecular complexity index is 156. The van der Waals surface area contributed by atoms with Gasteiger partial charge in [0.15, 0.2) is 0 Å². The zero-order valence-electron chi connectivity index (χ0n) is 10.3. The Morgan fingerprint density at radius 2 is 2.20 bits per heavy atom. The number of hydrogen-bond donors (Lipinski definition) is 3. The minimum atomic E-state index is -0.0646. The maximum atomic E-state index is 8.74. The predicted octanol–water partition coefficient (Wildman–Crippen LogP) is 0.491. The lowest BCUT2D eigenvalue weighted by atomic mass is 9.96. The molecule has 4 heteroatoms. The third-order valence-electron chi connectivity index (χ3n) is 2.70. The van der Waals surface area contributed by atoms with Crippen LogP contribution in [0.25, 0.3) is 0 Å². The van der Waals surface area contributed by atoms with Gasteiger partial charge in [-0.05, 0) is 33.1 Å². The van der Waals surface area contributed by atoms with Crippen molar-refractivity contribution in [2.45, 2.75) is 44.7 Å². The summed E-state index contributed by atoms with van der Waals surface area (Å²) in [5, 5.41) is 12.2. The average molecular weight is 218 g/mol. The molecular formula is C11H26N2O2. The van der Waals surface area contributed by atoms with Gasteiger partial charge in [-0.3, -0.25) is 0 Å². The Morgan fingerprint density at radius 3 is 2.67 bits per heavy atom. The fourth-order valence-corrected chi connectivity index (χ4v) is 1.62. The van der Waals surface area contributed by atoms with E-state index in [1.165, 1.54) is 0 Å². The van der Waals surface area contributed by atoms with Crippen LogP contribution in [-0.4, -0.2) is 43.6 Å². The van der Waals surface area contributed by atoms with Gasteiger partial charge >= 0.3 is 0 Å². The smallest absolute Gasteiger partial charge is 0.0480 e. The Balaban J connectivity index is 3.93. The molecule has 0 aromatic heterocycles. The molecule has 0 aromatic rings. The molecule has 0 saturated carbocycles. The molecule has 0 aromatic carbocycles. The molecule has 2 atom stereocenters. The molecule has 0 aliphatic carbocycles. The number of ether oxygens (including phenoxy) is 1. The monoisotopic (exact) mass is 218 g/mol. The quantitative estimate of drug-likeness (QED) is 0.527. The molecular weight excluding hydrogens is 192 g/mol. The Morgan fingerprint density at radius 1 is 1.53 bits per heavy atom. The van der Waals surface area contributed by atoms with Gasteiger partial charge in [0.2, 0.25) is 0 Å². The molecule has 0 amide bonds. The fourth-order valence-electron chi connectivity index (χ4n) is 1.62. The van der Waals surface area contributed by atoms with Crippen molar-refractivity contribution >= 4 is 0 Å². The van der Waals surface area contributed by atoms with Gasteiger partial charge in [0.1, 0.15) is 0 Å². The largest absolute Gasteiger partial charge is 0.396 e. The van der Waals surface area contributed by atoms with Crippen molar-refractivity contribution in [2.24, 2.45) is 5.73 Å². The topological polar surface area (TPSA) is 67.5 Å². The van der Waals surface area contributed by atoms with Crippen LogP contribution in [0, 0.1) is 0 Å². The van der Waals surface area contributed by atoms with E-state index < -0.39 is 0 Å². The van der Waals surface area contributed by atoms with Gasteiger partial charge in [0.25, 0.3) is 0 Å². The number of aliphatic hydroxyl groups is 1. The van der Waals surface area contributed by atoms with Crippen LogP contribution in [0.5, 0.6) is 0 Å². The van der Waals surface area contributed by atoms with Crippen LogP contribution in [0.2, 0.25) is 0 Å². The summed E-state index contributed by atoms with van der Waals surface area (Å²) in [6.07, 6.45) is 2.71. The van der Waals surface area contributed by atoms with E-state index in [4.69, 9.17) is 15.6 Å². The molecule has 4 nitrogen and oxygen atoms in total. The highest BCUT2D eigenvalue weighted by Crippen LogP contribution is 2.10. The van der Waals surface area contributed by atoms with E-state index in [0.29, 0.717) is 19.2 Å². The maximum Gasteiger partial charge on any atom is 0.0480 e. The highest BCUT2D eigenvalue weighted by molar-refractivity contribution is 4.86. The van der Waals surface area contributed by atoms with Crippen molar-refractivity contribution < 1.29 is 9.84 Å². The number of aliphatic hydroxyl groups excluding tert-OH is 1. The first-order valence-electron chi connectivity index (χ1n) is 5.65. The summed E-state index contributed by atoms with van der Waals surface area (Å²) in [6, 6.07) is 0.377. The van der Waals surface area contributed by atoms with Crippen LogP contribution in [0.3, 0.4) is 0 Å². The second-order valence-electron chi connectivity index (χ2n) is 4.42. The molecule has 0 heterocycles. The van der Waals surface area contributed by atoms with Gasteiger partial charge in [-0.25, -0.2) is 0 Å². The highest BCUT2D eigenvalue weighted by atomic mass is 16.5. The van der Waals surface area contributed by atoms with E-state index in [-0.39, 0.29) is 12.1 Å². The van der Waals surface area contributed by atoms with Gasteiger partial charge in [-0.1, -0.05) is 0 Å². The van der Waals surface area contributed by atoms with Crippen molar-refractivity contribution in [1.29, 1.82) is 0 Å². The zero-order chi connectivity index (χ0) is 11.7. The van der Waals surface area contributed by atoms with E-state index in [2.05, 4.69) is 19.2 Å². The lowest BCUT2D eigenvalue weighted by Gasteiger charge is -2.32. The molecule has 0 rings (SSSR count). The molecule has 92 valence electrons. The molecule has 0 spiro atoms. The molecule has 0 bridgehead atoms. The van der Waals surface area contributed by atoms with Crippen LogP contribution < -0.4 is 11.1 Å². The number of hydrogen-bond acceptors (Lipinski definition) is 4. The van der Waals surface area contributed by atoms with Crippen molar-refractivity contribution in [3.63, 3.8) is 0 Å². The fraction of sp³-hybridized carbons (Fsp3) is 1.00. The SMILES string of the molecule is COCCC(C)(CN)NC(C)CCCO. The number of rotatable bonds is 9. The van der Waals surface area contributed by atoms with Crippen LogP contribution in [0.15, 0.2) is 0 Å². The Labute approximate surface area is 93.2 Å². The number of nitrogens with two attached hydrogens (primary N) is 1. The Kier molecular flexibility index (Phi) is 7.96. The third-order valence-corrected chi connectivity index (χ3v) is 2.70. The van der Waals surface area contributed by atoms with Crippen molar-refractivity contribution in [2.75, 3.05) is 26.9 Å². The number of nitrogens with one attached hydrogen (secondary N) is 1. The summed E-state index contributed by atoms with van der Waals surface area (Å²) in [5.74, 6) is 0. The maximum absolute atomic E-state index is 8.74. The van der Waals surface area contributed by atoms with E-state index in [0.717, 1.165) is 19.3 Å². The second kappa shape index (κ2) is 8.05. The summed E-state index contributed by atoms with van der Waals surface area (Å²) in [5.41, 5.74) is 5.69. The molecule has 2 unspecified atom stereocenters. The third kappa shape index (κ3) is 6.84. The summed E-state index contributed by atoms with van der Waals surface area (Å²) >= 11 is 0. The van der Waals surface area contributed by atoms with Crippen molar-refractivity contribution in [1.82, 2.24) is 5.32 Å². The van der Waals surface area contributed by atoms with Crippen LogP contribution in [0.4, 0.5) is 0 Å². The van der Waals surface area contributed by atoms with Crippen LogP contribution in [-0.2, 0) is 4.74 Å². The van der Waals surface area contributed by atoms with Gasteiger partial charge in [0.05, 0.1) is 0 Å².